The molecular formula is C20H21FN4O2S. The molecule has 1 aliphatic rings. The number of amides is 2. The topological polar surface area (TPSA) is 57.7 Å². The minimum absolute atomic E-state index is 0.200. The van der Waals surface area contributed by atoms with Gasteiger partial charge in [-0.2, -0.15) is 0 Å². The molecule has 1 aromatic heterocycles. The van der Waals surface area contributed by atoms with Gasteiger partial charge in [-0.1, -0.05) is 23.5 Å². The van der Waals surface area contributed by atoms with Gasteiger partial charge in [-0.25, -0.2) is 14.2 Å². The Kier molecular flexibility index (Phi) is 5.29. The average molecular weight is 400 g/mol. The van der Waals surface area contributed by atoms with Gasteiger partial charge in [0, 0.05) is 26.2 Å². The predicted octanol–water partition coefficient (Wildman–Crippen LogP) is 4.19. The van der Waals surface area contributed by atoms with Crippen LogP contribution in [0, 0.1) is 5.82 Å². The Hall–Kier alpha value is -2.87. The van der Waals surface area contributed by atoms with E-state index in [1.807, 2.05) is 25.1 Å². The summed E-state index contributed by atoms with van der Waals surface area (Å²) < 4.78 is 20.4. The number of nitrogens with zero attached hydrogens (tertiary/aromatic N) is 3. The minimum Gasteiger partial charge on any atom is -0.494 e. The van der Waals surface area contributed by atoms with E-state index in [4.69, 9.17) is 9.72 Å². The maximum absolute atomic E-state index is 13.7. The Bertz CT molecular complexity index is 985. The molecule has 0 bridgehead atoms. The second-order valence-electron chi connectivity index (χ2n) is 6.44. The van der Waals surface area contributed by atoms with Gasteiger partial charge in [-0.3, -0.25) is 0 Å². The Morgan fingerprint density at radius 3 is 2.75 bits per heavy atom. The van der Waals surface area contributed by atoms with Crippen LogP contribution in [0.1, 0.15) is 6.92 Å². The summed E-state index contributed by atoms with van der Waals surface area (Å²) in [5, 5.41) is 3.58. The Balaban J connectivity index is 1.39. The van der Waals surface area contributed by atoms with Gasteiger partial charge in [0.15, 0.2) is 5.13 Å². The third-order valence-corrected chi connectivity index (χ3v) is 5.69. The smallest absolute Gasteiger partial charge is 0.322 e. The Morgan fingerprint density at radius 2 is 2.00 bits per heavy atom. The van der Waals surface area contributed by atoms with Gasteiger partial charge in [-0.15, -0.1) is 0 Å². The summed E-state index contributed by atoms with van der Waals surface area (Å²) >= 11 is 1.62. The molecule has 146 valence electrons. The fourth-order valence-electron chi connectivity index (χ4n) is 3.14. The van der Waals surface area contributed by atoms with Gasteiger partial charge in [0.05, 0.1) is 22.5 Å². The van der Waals surface area contributed by atoms with Crippen molar-refractivity contribution in [3.05, 3.63) is 48.3 Å². The molecule has 1 saturated heterocycles. The van der Waals surface area contributed by atoms with Crippen molar-refractivity contribution in [3.8, 4) is 5.75 Å². The van der Waals surface area contributed by atoms with Crippen LogP contribution in [0.25, 0.3) is 10.2 Å². The zero-order valence-electron chi connectivity index (χ0n) is 15.5. The SMILES string of the molecule is CCOc1ccc2nc(N3CCN(C(=O)Nc4ccccc4F)CC3)sc2c1. The molecule has 28 heavy (non-hydrogen) atoms. The van der Waals surface area contributed by atoms with E-state index >= 15 is 0 Å². The molecule has 8 heteroatoms. The second kappa shape index (κ2) is 8.02. The van der Waals surface area contributed by atoms with Crippen LogP contribution in [0.2, 0.25) is 0 Å². The highest BCUT2D eigenvalue weighted by atomic mass is 32.1. The standard InChI is InChI=1S/C20H21FN4O2S/c1-2-27-14-7-8-17-18(13-14)28-20(23-17)25-11-9-24(10-12-25)19(26)22-16-6-4-3-5-15(16)21/h3-8,13H,2,9-12H2,1H3,(H,22,26). The van der Waals surface area contributed by atoms with Gasteiger partial charge in [0.25, 0.3) is 0 Å². The van der Waals surface area contributed by atoms with Crippen molar-refractivity contribution >= 4 is 38.4 Å². The van der Waals surface area contributed by atoms with E-state index in [2.05, 4.69) is 10.2 Å². The molecule has 0 unspecified atom stereocenters. The highest BCUT2D eigenvalue weighted by Crippen LogP contribution is 2.32. The maximum atomic E-state index is 13.7. The number of para-hydroxylation sites is 1. The van der Waals surface area contributed by atoms with Crippen LogP contribution in [0.3, 0.4) is 0 Å². The van der Waals surface area contributed by atoms with E-state index in [1.54, 1.807) is 34.4 Å². The number of hydrogen-bond acceptors (Lipinski definition) is 5. The lowest BCUT2D eigenvalue weighted by atomic mass is 10.3. The number of nitrogens with one attached hydrogen (secondary N) is 1. The molecule has 0 spiro atoms. The lowest BCUT2D eigenvalue weighted by Crippen LogP contribution is -2.50. The number of fused-ring (bicyclic) bond motifs is 1. The van der Waals surface area contributed by atoms with Crippen LogP contribution in [0.4, 0.5) is 20.0 Å². The highest BCUT2D eigenvalue weighted by molar-refractivity contribution is 7.22. The molecule has 3 aromatic rings. The molecule has 0 saturated carbocycles. The summed E-state index contributed by atoms with van der Waals surface area (Å²) in [6, 6.07) is 11.8. The molecule has 0 atom stereocenters. The van der Waals surface area contributed by atoms with Gasteiger partial charge in [-0.05, 0) is 37.3 Å². The molecule has 4 rings (SSSR count). The van der Waals surface area contributed by atoms with Crippen LogP contribution in [-0.2, 0) is 0 Å². The van der Waals surface area contributed by atoms with E-state index < -0.39 is 5.82 Å². The fourth-order valence-corrected chi connectivity index (χ4v) is 4.19. The lowest BCUT2D eigenvalue weighted by molar-refractivity contribution is 0.208. The largest absolute Gasteiger partial charge is 0.494 e. The maximum Gasteiger partial charge on any atom is 0.322 e. The molecule has 2 aromatic carbocycles. The van der Waals surface area contributed by atoms with Crippen molar-refractivity contribution < 1.29 is 13.9 Å². The summed E-state index contributed by atoms with van der Waals surface area (Å²) in [6.07, 6.45) is 0. The molecule has 2 heterocycles. The molecule has 0 radical (unpaired) electrons. The number of piperazine rings is 1. The first kappa shape index (κ1) is 18.5. The summed E-state index contributed by atoms with van der Waals surface area (Å²) in [6.45, 7) is 5.07. The molecule has 1 N–H and O–H groups in total. The summed E-state index contributed by atoms with van der Waals surface area (Å²) in [5.41, 5.74) is 1.15. The first-order valence-corrected chi connectivity index (χ1v) is 10.0. The monoisotopic (exact) mass is 400 g/mol. The van der Waals surface area contributed by atoms with Crippen molar-refractivity contribution in [2.45, 2.75) is 6.92 Å². The number of carbonyl (C=O) groups is 1. The van der Waals surface area contributed by atoms with Gasteiger partial charge >= 0.3 is 6.03 Å². The van der Waals surface area contributed by atoms with Crippen LogP contribution < -0.4 is 15.0 Å². The zero-order chi connectivity index (χ0) is 19.5. The van der Waals surface area contributed by atoms with Gasteiger partial charge in [0.1, 0.15) is 11.6 Å². The number of urea groups is 1. The summed E-state index contributed by atoms with van der Waals surface area (Å²) in [4.78, 5) is 21.0. The third-order valence-electron chi connectivity index (χ3n) is 4.61. The molecule has 1 fully saturated rings. The van der Waals surface area contributed by atoms with E-state index in [0.717, 1.165) is 21.1 Å². The highest BCUT2D eigenvalue weighted by Gasteiger charge is 2.23. The Labute approximate surface area is 166 Å². The number of anilines is 2. The number of ether oxygens (including phenoxy) is 1. The number of hydrogen-bond donors (Lipinski definition) is 1. The van der Waals surface area contributed by atoms with Crippen LogP contribution in [0.5, 0.6) is 5.75 Å². The third kappa shape index (κ3) is 3.87. The zero-order valence-corrected chi connectivity index (χ0v) is 16.3. The van der Waals surface area contributed by atoms with Crippen molar-refractivity contribution in [2.75, 3.05) is 43.0 Å². The molecular weight excluding hydrogens is 379 g/mol. The number of benzene rings is 2. The van der Waals surface area contributed by atoms with Crippen molar-refractivity contribution in [1.29, 1.82) is 0 Å². The van der Waals surface area contributed by atoms with Crippen LogP contribution >= 0.6 is 11.3 Å². The number of rotatable bonds is 4. The molecule has 0 aliphatic carbocycles. The van der Waals surface area contributed by atoms with E-state index in [-0.39, 0.29) is 11.7 Å². The van der Waals surface area contributed by atoms with Crippen LogP contribution in [-0.4, -0.2) is 48.7 Å². The van der Waals surface area contributed by atoms with Crippen molar-refractivity contribution in [2.24, 2.45) is 0 Å². The van der Waals surface area contributed by atoms with Gasteiger partial charge < -0.3 is 19.9 Å². The molecule has 6 nitrogen and oxygen atoms in total. The Morgan fingerprint density at radius 1 is 1.21 bits per heavy atom. The lowest BCUT2D eigenvalue weighted by Gasteiger charge is -2.34. The number of carbonyl (C=O) groups excluding carboxylic acids is 1. The average Bonchev–Trinajstić information content (AvgIpc) is 3.13. The van der Waals surface area contributed by atoms with E-state index in [9.17, 15) is 9.18 Å². The predicted molar refractivity (Wildman–Crippen MR) is 110 cm³/mol. The van der Waals surface area contributed by atoms with Crippen molar-refractivity contribution in [1.82, 2.24) is 9.88 Å². The summed E-state index contributed by atoms with van der Waals surface area (Å²) in [5.74, 6) is 0.412. The van der Waals surface area contributed by atoms with Crippen LogP contribution in [0.15, 0.2) is 42.5 Å². The van der Waals surface area contributed by atoms with Gasteiger partial charge in [0.2, 0.25) is 0 Å². The van der Waals surface area contributed by atoms with Crippen molar-refractivity contribution in [3.63, 3.8) is 0 Å². The summed E-state index contributed by atoms with van der Waals surface area (Å²) in [7, 11) is 0. The minimum atomic E-state index is -0.435. The number of aromatic nitrogens is 1. The first-order valence-electron chi connectivity index (χ1n) is 9.23. The molecule has 2 amide bonds. The number of thiazole rings is 1. The normalized spacial score (nSPS) is 14.4. The molecule has 1 aliphatic heterocycles. The van der Waals surface area contributed by atoms with E-state index in [1.165, 1.54) is 6.07 Å². The second-order valence-corrected chi connectivity index (χ2v) is 7.45. The fraction of sp³-hybridized carbons (Fsp3) is 0.300. The first-order chi connectivity index (χ1) is 13.6. The number of halogens is 1. The quantitative estimate of drug-likeness (QED) is 0.714. The van der Waals surface area contributed by atoms with E-state index in [0.29, 0.717) is 32.8 Å².